The number of halogens is 1. The average Bonchev–Trinajstić information content (AvgIpc) is 3.56. The van der Waals surface area contributed by atoms with E-state index in [1.807, 2.05) is 13.8 Å². The van der Waals surface area contributed by atoms with Crippen molar-refractivity contribution in [2.24, 2.45) is 5.92 Å². The van der Waals surface area contributed by atoms with Gasteiger partial charge in [0.25, 0.3) is 5.91 Å². The predicted molar refractivity (Wildman–Crippen MR) is 112 cm³/mol. The Balaban J connectivity index is 1.37. The molecule has 8 heteroatoms. The van der Waals surface area contributed by atoms with E-state index in [-0.39, 0.29) is 23.4 Å². The lowest BCUT2D eigenvalue weighted by molar-refractivity contribution is -0.117. The van der Waals surface area contributed by atoms with E-state index in [9.17, 15) is 14.0 Å². The topological polar surface area (TPSA) is 93.5 Å². The molecule has 160 valence electrons. The Labute approximate surface area is 178 Å². The zero-order valence-corrected chi connectivity index (χ0v) is 17.2. The Morgan fingerprint density at radius 3 is 2.52 bits per heavy atom. The molecule has 1 heterocycles. The molecule has 1 aliphatic carbocycles. The molecule has 4 rings (SSSR count). The fourth-order valence-corrected chi connectivity index (χ4v) is 3.05. The van der Waals surface area contributed by atoms with Crippen LogP contribution >= 0.6 is 0 Å². The molecule has 0 radical (unpaired) electrons. The summed E-state index contributed by atoms with van der Waals surface area (Å²) < 4.78 is 24.8. The summed E-state index contributed by atoms with van der Waals surface area (Å²) in [5.74, 6) is 0.157. The lowest BCUT2D eigenvalue weighted by atomic mass is 10.2. The van der Waals surface area contributed by atoms with Crippen LogP contribution in [0.5, 0.6) is 5.75 Å². The van der Waals surface area contributed by atoms with Gasteiger partial charge in [0.2, 0.25) is 5.91 Å². The minimum absolute atomic E-state index is 0.0454. The monoisotopic (exact) mass is 423 g/mol. The third-order valence-electron chi connectivity index (χ3n) is 5.11. The zero-order valence-electron chi connectivity index (χ0n) is 17.2. The number of ether oxygens (including phenoxy) is 1. The molecule has 1 saturated carbocycles. The predicted octanol–water partition coefficient (Wildman–Crippen LogP) is 4.61. The summed E-state index contributed by atoms with van der Waals surface area (Å²) in [4.78, 5) is 24.4. The van der Waals surface area contributed by atoms with Crippen molar-refractivity contribution in [3.05, 3.63) is 70.9 Å². The van der Waals surface area contributed by atoms with E-state index in [1.54, 1.807) is 24.3 Å². The molecule has 1 fully saturated rings. The van der Waals surface area contributed by atoms with Crippen molar-refractivity contribution >= 4 is 23.2 Å². The number of hydrogen-bond donors (Lipinski definition) is 2. The summed E-state index contributed by atoms with van der Waals surface area (Å²) in [7, 11) is 0. The number of aryl methyl sites for hydroxylation is 2. The molecule has 0 bridgehead atoms. The molecule has 1 aromatic heterocycles. The number of amides is 2. The molecular weight excluding hydrogens is 401 g/mol. The highest BCUT2D eigenvalue weighted by molar-refractivity contribution is 6.04. The van der Waals surface area contributed by atoms with Crippen LogP contribution in [-0.4, -0.2) is 17.0 Å². The molecule has 3 aromatic rings. The maximum absolute atomic E-state index is 14.0. The van der Waals surface area contributed by atoms with Crippen LogP contribution in [-0.2, 0) is 11.4 Å². The van der Waals surface area contributed by atoms with Crippen LogP contribution in [0.2, 0.25) is 0 Å². The van der Waals surface area contributed by atoms with Crippen molar-refractivity contribution in [2.45, 2.75) is 33.3 Å². The Kier molecular flexibility index (Phi) is 5.70. The number of nitrogens with zero attached hydrogens (tertiary/aromatic N) is 1. The highest BCUT2D eigenvalue weighted by Crippen LogP contribution is 2.31. The molecule has 0 atom stereocenters. The molecule has 2 aromatic carbocycles. The number of benzene rings is 2. The molecule has 2 N–H and O–H groups in total. The standard InChI is InChI=1S/C23H22FN3O4/c1-13-19(14(2)31-27-13)12-30-18-8-5-16(6-9-18)22(28)25-17-7-10-20(24)21(11-17)26-23(29)15-3-4-15/h5-11,15H,3-4,12H2,1-2H3,(H,25,28)(H,26,29). The van der Waals surface area contributed by atoms with Crippen LogP contribution in [0.15, 0.2) is 47.0 Å². The van der Waals surface area contributed by atoms with Crippen LogP contribution in [0.1, 0.15) is 40.2 Å². The Morgan fingerprint density at radius 2 is 1.87 bits per heavy atom. The van der Waals surface area contributed by atoms with Gasteiger partial charge >= 0.3 is 0 Å². The molecule has 31 heavy (non-hydrogen) atoms. The van der Waals surface area contributed by atoms with Gasteiger partial charge in [-0.25, -0.2) is 4.39 Å². The lowest BCUT2D eigenvalue weighted by Crippen LogP contribution is -2.16. The number of rotatable bonds is 7. The van der Waals surface area contributed by atoms with Crippen molar-refractivity contribution in [1.29, 1.82) is 0 Å². The van der Waals surface area contributed by atoms with Gasteiger partial charge in [-0.1, -0.05) is 5.16 Å². The first-order chi connectivity index (χ1) is 14.9. The van der Waals surface area contributed by atoms with Gasteiger partial charge < -0.3 is 19.9 Å². The second-order valence-corrected chi connectivity index (χ2v) is 7.53. The molecule has 0 unspecified atom stereocenters. The van der Waals surface area contributed by atoms with Gasteiger partial charge in [0.15, 0.2) is 0 Å². The van der Waals surface area contributed by atoms with Crippen molar-refractivity contribution in [3.8, 4) is 5.75 Å². The van der Waals surface area contributed by atoms with Crippen LogP contribution in [0.25, 0.3) is 0 Å². The van der Waals surface area contributed by atoms with E-state index < -0.39 is 5.82 Å². The van der Waals surface area contributed by atoms with Gasteiger partial charge in [-0.05, 0) is 69.2 Å². The molecule has 0 saturated heterocycles. The van der Waals surface area contributed by atoms with Crippen molar-refractivity contribution in [3.63, 3.8) is 0 Å². The molecule has 2 amide bonds. The van der Waals surface area contributed by atoms with Gasteiger partial charge in [0.05, 0.1) is 16.9 Å². The van der Waals surface area contributed by atoms with Gasteiger partial charge in [-0.15, -0.1) is 0 Å². The summed E-state index contributed by atoms with van der Waals surface area (Å²) in [6.45, 7) is 3.99. The third kappa shape index (κ3) is 4.91. The van der Waals surface area contributed by atoms with Gasteiger partial charge in [0, 0.05) is 17.2 Å². The number of nitrogens with one attached hydrogen (secondary N) is 2. The van der Waals surface area contributed by atoms with Gasteiger partial charge in [-0.2, -0.15) is 0 Å². The number of carbonyl (C=O) groups is 2. The van der Waals surface area contributed by atoms with Gasteiger partial charge in [-0.3, -0.25) is 9.59 Å². The molecule has 0 aliphatic heterocycles. The number of anilines is 2. The summed E-state index contributed by atoms with van der Waals surface area (Å²) >= 11 is 0. The van der Waals surface area contributed by atoms with Crippen molar-refractivity contribution < 1.29 is 23.2 Å². The van der Waals surface area contributed by atoms with Crippen LogP contribution in [0, 0.1) is 25.6 Å². The van der Waals surface area contributed by atoms with Crippen LogP contribution in [0.4, 0.5) is 15.8 Å². The molecule has 0 spiro atoms. The van der Waals surface area contributed by atoms with Crippen LogP contribution in [0.3, 0.4) is 0 Å². The lowest BCUT2D eigenvalue weighted by Gasteiger charge is -2.10. The quantitative estimate of drug-likeness (QED) is 0.579. The minimum atomic E-state index is -0.549. The first-order valence-electron chi connectivity index (χ1n) is 9.97. The zero-order chi connectivity index (χ0) is 22.0. The maximum atomic E-state index is 14.0. The maximum Gasteiger partial charge on any atom is 0.255 e. The van der Waals surface area contributed by atoms with Crippen molar-refractivity contribution in [1.82, 2.24) is 5.16 Å². The largest absolute Gasteiger partial charge is 0.489 e. The third-order valence-corrected chi connectivity index (χ3v) is 5.11. The van der Waals surface area contributed by atoms with E-state index in [0.717, 1.165) is 24.1 Å². The SMILES string of the molecule is Cc1noc(C)c1COc1ccc(C(=O)Nc2ccc(F)c(NC(=O)C3CC3)c2)cc1. The van der Waals surface area contributed by atoms with Crippen LogP contribution < -0.4 is 15.4 Å². The minimum Gasteiger partial charge on any atom is -0.489 e. The van der Waals surface area contributed by atoms with Crippen molar-refractivity contribution in [2.75, 3.05) is 10.6 Å². The molecule has 1 aliphatic rings. The fourth-order valence-electron chi connectivity index (χ4n) is 3.05. The summed E-state index contributed by atoms with van der Waals surface area (Å²) in [6.07, 6.45) is 1.64. The number of aromatic nitrogens is 1. The van der Waals surface area contributed by atoms with E-state index >= 15 is 0 Å². The smallest absolute Gasteiger partial charge is 0.255 e. The molecule has 7 nitrogen and oxygen atoms in total. The highest BCUT2D eigenvalue weighted by Gasteiger charge is 2.30. The van der Waals surface area contributed by atoms with E-state index in [1.165, 1.54) is 18.2 Å². The Hall–Kier alpha value is -3.68. The van der Waals surface area contributed by atoms with E-state index in [0.29, 0.717) is 29.4 Å². The number of carbonyl (C=O) groups excluding carboxylic acids is 2. The summed E-state index contributed by atoms with van der Waals surface area (Å²) in [5.41, 5.74) is 2.52. The van der Waals surface area contributed by atoms with Gasteiger partial charge in [0.1, 0.15) is 23.9 Å². The summed E-state index contributed by atoms with van der Waals surface area (Å²) in [6, 6.07) is 10.7. The normalized spacial score (nSPS) is 13.0. The molecular formula is C23H22FN3O4. The van der Waals surface area contributed by atoms with E-state index in [2.05, 4.69) is 15.8 Å². The summed E-state index contributed by atoms with van der Waals surface area (Å²) in [5, 5.41) is 9.18. The Bertz CT molecular complexity index is 1100. The second-order valence-electron chi connectivity index (χ2n) is 7.53. The average molecular weight is 423 g/mol. The fraction of sp³-hybridized carbons (Fsp3) is 0.261. The highest BCUT2D eigenvalue weighted by atomic mass is 19.1. The Morgan fingerprint density at radius 1 is 1.13 bits per heavy atom. The first-order valence-corrected chi connectivity index (χ1v) is 9.97. The number of hydrogen-bond acceptors (Lipinski definition) is 5. The second kappa shape index (κ2) is 8.59. The van der Waals surface area contributed by atoms with E-state index in [4.69, 9.17) is 9.26 Å². The first kappa shape index (κ1) is 20.6.